The molecule has 0 amide bonds. The van der Waals surface area contributed by atoms with E-state index in [1.54, 1.807) is 0 Å². The molecule has 0 bridgehead atoms. The lowest BCUT2D eigenvalue weighted by Gasteiger charge is -2.27. The van der Waals surface area contributed by atoms with Crippen molar-refractivity contribution in [2.24, 2.45) is 23.7 Å². The molecule has 2 fully saturated rings. The van der Waals surface area contributed by atoms with Gasteiger partial charge in [0.2, 0.25) is 0 Å². The first kappa shape index (κ1) is 16.8. The van der Waals surface area contributed by atoms with Gasteiger partial charge in [-0.2, -0.15) is 0 Å². The van der Waals surface area contributed by atoms with Gasteiger partial charge in [0.15, 0.2) is 0 Å². The summed E-state index contributed by atoms with van der Waals surface area (Å²) in [5, 5.41) is 0. The van der Waals surface area contributed by atoms with Crippen LogP contribution in [0.1, 0.15) is 84.5 Å². The van der Waals surface area contributed by atoms with Gasteiger partial charge in [0, 0.05) is 0 Å². The van der Waals surface area contributed by atoms with Gasteiger partial charge in [-0.1, -0.05) is 50.5 Å². The molecule has 0 radical (unpaired) electrons. The maximum atomic E-state index is 2.51. The minimum Gasteiger partial charge on any atom is -0.0914 e. The highest BCUT2D eigenvalue weighted by atomic mass is 14.3. The summed E-state index contributed by atoms with van der Waals surface area (Å²) >= 11 is 0. The van der Waals surface area contributed by atoms with Gasteiger partial charge in [-0.05, 0) is 82.0 Å². The van der Waals surface area contributed by atoms with Crippen LogP contribution in [-0.4, -0.2) is 0 Å². The van der Waals surface area contributed by atoms with Crippen LogP contribution >= 0.6 is 0 Å². The molecule has 0 nitrogen and oxygen atoms in total. The molecule has 0 aromatic heterocycles. The molecule has 0 spiro atoms. The summed E-state index contributed by atoms with van der Waals surface area (Å²) < 4.78 is 0. The molecule has 0 saturated heterocycles. The number of hydrogen-bond donors (Lipinski definition) is 0. The van der Waals surface area contributed by atoms with Crippen LogP contribution < -0.4 is 0 Å². The molecule has 0 aromatic carbocycles. The van der Waals surface area contributed by atoms with Crippen molar-refractivity contribution in [3.8, 4) is 0 Å². The third-order valence-corrected chi connectivity index (χ3v) is 6.01. The lowest BCUT2D eigenvalue weighted by Crippen LogP contribution is -2.13. The van der Waals surface area contributed by atoms with Gasteiger partial charge >= 0.3 is 0 Å². The second kappa shape index (κ2) is 9.49. The molecule has 2 saturated carbocycles. The molecule has 0 N–H and O–H groups in total. The normalized spacial score (nSPS) is 34.8. The Morgan fingerprint density at radius 1 is 0.714 bits per heavy atom. The van der Waals surface area contributed by atoms with Crippen LogP contribution in [0, 0.1) is 23.7 Å². The Kier molecular flexibility index (Phi) is 7.61. The summed E-state index contributed by atoms with van der Waals surface area (Å²) in [4.78, 5) is 0. The first-order chi connectivity index (χ1) is 10.3. The number of allylic oxidation sites excluding steroid dienone is 4. The fourth-order valence-corrected chi connectivity index (χ4v) is 4.34. The van der Waals surface area contributed by atoms with Crippen molar-refractivity contribution in [2.45, 2.75) is 84.5 Å². The summed E-state index contributed by atoms with van der Waals surface area (Å²) in [6.45, 7) is 4.51. The van der Waals surface area contributed by atoms with Crippen molar-refractivity contribution in [3.63, 3.8) is 0 Å². The molecule has 0 heteroatoms. The highest BCUT2D eigenvalue weighted by molar-refractivity contribution is 4.92. The Morgan fingerprint density at radius 2 is 1.19 bits per heavy atom. The maximum absolute atomic E-state index is 2.51. The van der Waals surface area contributed by atoms with Gasteiger partial charge in [0.05, 0.1) is 0 Å². The fourth-order valence-electron chi connectivity index (χ4n) is 4.34. The van der Waals surface area contributed by atoms with Crippen LogP contribution in [-0.2, 0) is 0 Å². The standard InChI is InChI=1S/C21H36/c1-3-7-19-14-16-21(17-15-19)9-6-5-8-20-12-10-18(4-2)11-13-20/h3,5-7,18-21H,4,8-17H2,1-2H3/b6-5-,7-3+. The second-order valence-corrected chi connectivity index (χ2v) is 7.54. The van der Waals surface area contributed by atoms with Crippen molar-refractivity contribution < 1.29 is 0 Å². The summed E-state index contributed by atoms with van der Waals surface area (Å²) in [7, 11) is 0. The van der Waals surface area contributed by atoms with Crippen LogP contribution in [0.4, 0.5) is 0 Å². The monoisotopic (exact) mass is 288 g/mol. The van der Waals surface area contributed by atoms with Crippen molar-refractivity contribution in [3.05, 3.63) is 24.3 Å². The third kappa shape index (κ3) is 6.01. The van der Waals surface area contributed by atoms with E-state index in [2.05, 4.69) is 38.2 Å². The zero-order valence-corrected chi connectivity index (χ0v) is 14.4. The molecular formula is C21H36. The minimum absolute atomic E-state index is 0.879. The Hall–Kier alpha value is -0.520. The maximum Gasteiger partial charge on any atom is -0.0233 e. The molecule has 2 rings (SSSR count). The van der Waals surface area contributed by atoms with Crippen LogP contribution in [0.3, 0.4) is 0 Å². The summed E-state index contributed by atoms with van der Waals surface area (Å²) in [6.07, 6.45) is 25.4. The van der Waals surface area contributed by atoms with E-state index in [-0.39, 0.29) is 0 Å². The van der Waals surface area contributed by atoms with Gasteiger partial charge in [-0.15, -0.1) is 0 Å². The van der Waals surface area contributed by atoms with E-state index in [1.807, 2.05) is 0 Å². The van der Waals surface area contributed by atoms with Crippen molar-refractivity contribution in [2.75, 3.05) is 0 Å². The van der Waals surface area contributed by atoms with Crippen molar-refractivity contribution in [1.29, 1.82) is 0 Å². The Labute approximate surface area is 133 Å². The van der Waals surface area contributed by atoms with Crippen molar-refractivity contribution in [1.82, 2.24) is 0 Å². The van der Waals surface area contributed by atoms with E-state index in [9.17, 15) is 0 Å². The van der Waals surface area contributed by atoms with E-state index in [4.69, 9.17) is 0 Å². The first-order valence-corrected chi connectivity index (χ1v) is 9.59. The smallest absolute Gasteiger partial charge is 0.0233 e. The average molecular weight is 289 g/mol. The van der Waals surface area contributed by atoms with E-state index >= 15 is 0 Å². The largest absolute Gasteiger partial charge is 0.0914 e. The van der Waals surface area contributed by atoms with Gasteiger partial charge in [0.25, 0.3) is 0 Å². The van der Waals surface area contributed by atoms with E-state index in [0.29, 0.717) is 0 Å². The Morgan fingerprint density at radius 3 is 1.67 bits per heavy atom. The lowest BCUT2D eigenvalue weighted by atomic mass is 9.79. The highest BCUT2D eigenvalue weighted by Gasteiger charge is 2.19. The highest BCUT2D eigenvalue weighted by Crippen LogP contribution is 2.34. The average Bonchev–Trinajstić information content (AvgIpc) is 2.54. The van der Waals surface area contributed by atoms with Crippen LogP contribution in [0.15, 0.2) is 24.3 Å². The molecular weight excluding hydrogens is 252 g/mol. The molecule has 0 unspecified atom stereocenters. The van der Waals surface area contributed by atoms with Crippen LogP contribution in [0.25, 0.3) is 0 Å². The molecule has 0 heterocycles. The van der Waals surface area contributed by atoms with E-state index in [1.165, 1.54) is 70.6 Å². The SMILES string of the molecule is C/C=C/C1CCC(C/C=C\CC2CCC(CC)CC2)CC1. The predicted molar refractivity (Wildman–Crippen MR) is 94.4 cm³/mol. The molecule has 0 aliphatic heterocycles. The Balaban J connectivity index is 1.57. The van der Waals surface area contributed by atoms with Crippen LogP contribution in [0.2, 0.25) is 0 Å². The zero-order valence-electron chi connectivity index (χ0n) is 14.4. The summed E-state index contributed by atoms with van der Waals surface area (Å²) in [5.41, 5.74) is 0. The van der Waals surface area contributed by atoms with Gasteiger partial charge in [0.1, 0.15) is 0 Å². The number of rotatable bonds is 6. The Bertz CT molecular complexity index is 309. The molecule has 2 aliphatic carbocycles. The zero-order chi connectivity index (χ0) is 14.9. The van der Waals surface area contributed by atoms with E-state index < -0.39 is 0 Å². The van der Waals surface area contributed by atoms with E-state index in [0.717, 1.165) is 23.7 Å². The molecule has 2 aliphatic rings. The van der Waals surface area contributed by atoms with Gasteiger partial charge in [-0.25, -0.2) is 0 Å². The quantitative estimate of drug-likeness (QED) is 0.465. The second-order valence-electron chi connectivity index (χ2n) is 7.54. The molecule has 21 heavy (non-hydrogen) atoms. The van der Waals surface area contributed by atoms with Crippen molar-refractivity contribution >= 4 is 0 Å². The van der Waals surface area contributed by atoms with Gasteiger partial charge < -0.3 is 0 Å². The number of hydrogen-bond acceptors (Lipinski definition) is 0. The van der Waals surface area contributed by atoms with Crippen LogP contribution in [0.5, 0.6) is 0 Å². The van der Waals surface area contributed by atoms with Gasteiger partial charge in [-0.3, -0.25) is 0 Å². The minimum atomic E-state index is 0.879. The lowest BCUT2D eigenvalue weighted by molar-refractivity contribution is 0.270. The first-order valence-electron chi connectivity index (χ1n) is 9.59. The predicted octanol–water partition coefficient (Wildman–Crippen LogP) is 6.92. The molecule has 120 valence electrons. The summed E-state index contributed by atoms with van der Waals surface area (Å²) in [5.74, 6) is 3.88. The summed E-state index contributed by atoms with van der Waals surface area (Å²) in [6, 6.07) is 0. The molecule has 0 aromatic rings. The fraction of sp³-hybridized carbons (Fsp3) is 0.810. The third-order valence-electron chi connectivity index (χ3n) is 6.01. The topological polar surface area (TPSA) is 0 Å². The molecule has 0 atom stereocenters.